The summed E-state index contributed by atoms with van der Waals surface area (Å²) in [6.45, 7) is 8.21. The number of ether oxygens (including phenoxy) is 2. The lowest BCUT2D eigenvalue weighted by atomic mass is 9.93. The minimum Gasteiger partial charge on any atom is -0.506 e. The molecule has 1 amide bonds. The molecule has 0 unspecified atom stereocenters. The van der Waals surface area contributed by atoms with Gasteiger partial charge in [-0.25, -0.2) is 9.78 Å². The fourth-order valence-corrected chi connectivity index (χ4v) is 4.68. The number of hydrogen-bond acceptors (Lipinski definition) is 5. The second-order valence-electron chi connectivity index (χ2n) is 10.1. The van der Waals surface area contributed by atoms with Crippen LogP contribution in [-0.4, -0.2) is 44.3 Å². The number of piperidine rings is 1. The van der Waals surface area contributed by atoms with Crippen molar-refractivity contribution >= 4 is 28.7 Å². The molecule has 7 nitrogen and oxygen atoms in total. The van der Waals surface area contributed by atoms with Crippen LogP contribution in [0.25, 0.3) is 11.0 Å². The van der Waals surface area contributed by atoms with Crippen LogP contribution in [-0.2, 0) is 17.9 Å². The van der Waals surface area contributed by atoms with Gasteiger partial charge in [-0.05, 0) is 88.8 Å². The van der Waals surface area contributed by atoms with Gasteiger partial charge in [0.25, 0.3) is 0 Å². The molecule has 3 aromatic rings. The van der Waals surface area contributed by atoms with Crippen molar-refractivity contribution in [2.24, 2.45) is 5.92 Å². The van der Waals surface area contributed by atoms with E-state index in [1.54, 1.807) is 18.2 Å². The molecule has 1 atom stereocenters. The van der Waals surface area contributed by atoms with Crippen molar-refractivity contribution in [2.45, 2.75) is 65.2 Å². The van der Waals surface area contributed by atoms with Crippen LogP contribution in [0.2, 0.25) is 5.02 Å². The molecule has 1 N–H and O–H groups in total. The average Bonchev–Trinajstić information content (AvgIpc) is 3.17. The molecule has 0 bridgehead atoms. The molecule has 0 spiro atoms. The van der Waals surface area contributed by atoms with Gasteiger partial charge in [-0.15, -0.1) is 0 Å². The smallest absolute Gasteiger partial charge is 0.410 e. The van der Waals surface area contributed by atoms with E-state index in [2.05, 4.69) is 9.55 Å². The normalized spacial score (nSPS) is 16.5. The van der Waals surface area contributed by atoms with E-state index in [4.69, 9.17) is 21.1 Å². The van der Waals surface area contributed by atoms with Crippen molar-refractivity contribution < 1.29 is 19.4 Å². The Hall–Kier alpha value is -2.93. The van der Waals surface area contributed by atoms with E-state index in [0.29, 0.717) is 22.2 Å². The van der Waals surface area contributed by atoms with E-state index in [-0.39, 0.29) is 18.4 Å². The van der Waals surface area contributed by atoms with Crippen LogP contribution in [0, 0.1) is 5.92 Å². The molecule has 1 aromatic heterocycles. The molecular weight excluding hydrogens is 466 g/mol. The number of imidazole rings is 1. The number of rotatable bonds is 7. The number of nitrogens with zero attached hydrogens (tertiary/aromatic N) is 3. The number of phenols is 1. The van der Waals surface area contributed by atoms with Crippen molar-refractivity contribution in [1.29, 1.82) is 0 Å². The Morgan fingerprint density at radius 1 is 1.20 bits per heavy atom. The molecule has 1 fully saturated rings. The molecule has 35 heavy (non-hydrogen) atoms. The van der Waals surface area contributed by atoms with Crippen LogP contribution in [0.15, 0.2) is 42.5 Å². The quantitative estimate of drug-likeness (QED) is 0.407. The molecule has 0 saturated carbocycles. The maximum absolute atomic E-state index is 12.5. The Morgan fingerprint density at radius 2 is 1.97 bits per heavy atom. The van der Waals surface area contributed by atoms with Crippen molar-refractivity contribution in [3.05, 3.63) is 53.3 Å². The van der Waals surface area contributed by atoms with Crippen molar-refractivity contribution in [3.8, 4) is 11.5 Å². The van der Waals surface area contributed by atoms with E-state index in [1.807, 2.05) is 49.9 Å². The largest absolute Gasteiger partial charge is 0.506 e. The summed E-state index contributed by atoms with van der Waals surface area (Å²) < 4.78 is 13.6. The second kappa shape index (κ2) is 10.8. The lowest BCUT2D eigenvalue weighted by Gasteiger charge is -2.34. The van der Waals surface area contributed by atoms with Crippen molar-refractivity contribution in [2.75, 3.05) is 13.1 Å². The molecule has 1 aliphatic rings. The third kappa shape index (κ3) is 6.60. The summed E-state index contributed by atoms with van der Waals surface area (Å²) >= 11 is 5.97. The molecular formula is C27H34ClN3O4. The highest BCUT2D eigenvalue weighted by Gasteiger charge is 2.27. The zero-order valence-corrected chi connectivity index (χ0v) is 21.4. The first-order valence-electron chi connectivity index (χ1n) is 12.2. The van der Waals surface area contributed by atoms with Crippen LogP contribution in [0.4, 0.5) is 4.79 Å². The summed E-state index contributed by atoms with van der Waals surface area (Å²) in [5.74, 6) is 2.07. The molecule has 2 heterocycles. The van der Waals surface area contributed by atoms with Gasteiger partial charge in [0.1, 0.15) is 35.0 Å². The number of aromatic nitrogens is 2. The Bertz CT molecular complexity index is 1150. The maximum Gasteiger partial charge on any atom is 0.410 e. The van der Waals surface area contributed by atoms with Gasteiger partial charge < -0.3 is 24.0 Å². The minimum atomic E-state index is -0.484. The Morgan fingerprint density at radius 3 is 2.71 bits per heavy atom. The summed E-state index contributed by atoms with van der Waals surface area (Å²) in [6.07, 6.45) is 3.81. The first-order chi connectivity index (χ1) is 16.7. The minimum absolute atomic E-state index is 0.161. The number of amides is 1. The van der Waals surface area contributed by atoms with E-state index < -0.39 is 5.60 Å². The number of likely N-dealkylation sites (tertiary alicyclic amines) is 1. The van der Waals surface area contributed by atoms with E-state index in [1.165, 1.54) is 0 Å². The number of benzene rings is 2. The van der Waals surface area contributed by atoms with Gasteiger partial charge in [-0.1, -0.05) is 17.7 Å². The first-order valence-corrected chi connectivity index (χ1v) is 12.6. The molecule has 8 heteroatoms. The highest BCUT2D eigenvalue weighted by atomic mass is 35.5. The number of hydrogen-bond donors (Lipinski definition) is 1. The topological polar surface area (TPSA) is 76.8 Å². The number of aromatic hydroxyl groups is 1. The molecule has 1 aliphatic heterocycles. The van der Waals surface area contributed by atoms with E-state index in [0.717, 1.165) is 56.7 Å². The number of phenolic OH excluding ortho intramolecular Hbond substituents is 1. The predicted octanol–water partition coefficient (Wildman–Crippen LogP) is 6.40. The van der Waals surface area contributed by atoms with Gasteiger partial charge in [0.15, 0.2) is 0 Å². The molecule has 188 valence electrons. The predicted molar refractivity (Wildman–Crippen MR) is 137 cm³/mol. The van der Waals surface area contributed by atoms with Gasteiger partial charge in [-0.2, -0.15) is 0 Å². The van der Waals surface area contributed by atoms with Gasteiger partial charge in [0.2, 0.25) is 0 Å². The number of aryl methyl sites for hydroxylation is 1. The fourth-order valence-electron chi connectivity index (χ4n) is 4.55. The lowest BCUT2D eigenvalue weighted by molar-refractivity contribution is 0.0160. The summed E-state index contributed by atoms with van der Waals surface area (Å²) in [4.78, 5) is 19.0. The number of carbonyl (C=O) groups excluding carboxylic acids is 1. The van der Waals surface area contributed by atoms with Crippen LogP contribution in [0.5, 0.6) is 11.5 Å². The average molecular weight is 500 g/mol. The zero-order valence-electron chi connectivity index (χ0n) is 20.7. The SMILES string of the molecule is CC(C)(C)OC(=O)N1CCC[C@H](CCCn2c(COc3ccc(Cl)cc3)nc3c(O)cccc32)C1. The highest BCUT2D eigenvalue weighted by molar-refractivity contribution is 6.30. The molecule has 2 aromatic carbocycles. The fraction of sp³-hybridized carbons (Fsp3) is 0.481. The lowest BCUT2D eigenvalue weighted by Crippen LogP contribution is -2.42. The summed E-state index contributed by atoms with van der Waals surface area (Å²) in [5, 5.41) is 11.0. The summed E-state index contributed by atoms with van der Waals surface area (Å²) in [5.41, 5.74) is 0.984. The molecule has 1 saturated heterocycles. The molecule has 0 radical (unpaired) electrons. The second-order valence-corrected chi connectivity index (χ2v) is 10.6. The standard InChI is InChI=1S/C27H34ClN3O4/c1-27(2,3)35-26(33)30-15-5-7-19(17-30)8-6-16-31-22-9-4-10-23(32)25(22)29-24(31)18-34-21-13-11-20(28)12-14-21/h4,9-14,19,32H,5-8,15-18H2,1-3H3/t19-/m1/s1. The third-order valence-electron chi connectivity index (χ3n) is 6.18. The van der Waals surface area contributed by atoms with Crippen LogP contribution in [0.1, 0.15) is 52.3 Å². The van der Waals surface area contributed by atoms with Crippen LogP contribution < -0.4 is 4.74 Å². The Balaban J connectivity index is 1.41. The van der Waals surface area contributed by atoms with Crippen LogP contribution in [0.3, 0.4) is 0 Å². The molecule has 0 aliphatic carbocycles. The number of carbonyl (C=O) groups is 1. The number of halogens is 1. The Kier molecular flexibility index (Phi) is 7.75. The van der Waals surface area contributed by atoms with Crippen LogP contribution >= 0.6 is 11.6 Å². The van der Waals surface area contributed by atoms with Gasteiger partial charge in [0.05, 0.1) is 5.52 Å². The van der Waals surface area contributed by atoms with Crippen molar-refractivity contribution in [3.63, 3.8) is 0 Å². The highest BCUT2D eigenvalue weighted by Crippen LogP contribution is 2.28. The third-order valence-corrected chi connectivity index (χ3v) is 6.43. The zero-order chi connectivity index (χ0) is 25.0. The van der Waals surface area contributed by atoms with E-state index >= 15 is 0 Å². The molecule has 4 rings (SSSR count). The van der Waals surface area contributed by atoms with Gasteiger partial charge >= 0.3 is 6.09 Å². The van der Waals surface area contributed by atoms with Gasteiger partial charge in [-0.3, -0.25) is 0 Å². The van der Waals surface area contributed by atoms with E-state index in [9.17, 15) is 9.90 Å². The number of para-hydroxylation sites is 1. The monoisotopic (exact) mass is 499 g/mol. The summed E-state index contributed by atoms with van der Waals surface area (Å²) in [6, 6.07) is 12.7. The van der Waals surface area contributed by atoms with Crippen molar-refractivity contribution in [1.82, 2.24) is 14.5 Å². The van der Waals surface area contributed by atoms with Gasteiger partial charge in [0, 0.05) is 24.7 Å². The maximum atomic E-state index is 12.5. The Labute approximate surface area is 211 Å². The summed E-state index contributed by atoms with van der Waals surface area (Å²) in [7, 11) is 0. The number of fused-ring (bicyclic) bond motifs is 1. The first kappa shape index (κ1) is 25.2.